The summed E-state index contributed by atoms with van der Waals surface area (Å²) >= 11 is 0. The molecule has 1 amide bonds. The Hall–Kier alpha value is -1.51. The van der Waals surface area contributed by atoms with Gasteiger partial charge in [-0.25, -0.2) is 0 Å². The number of benzene rings is 1. The molecule has 0 heterocycles. The topological polar surface area (TPSA) is 38.3 Å². The molecule has 16 heavy (non-hydrogen) atoms. The van der Waals surface area contributed by atoms with E-state index in [1.54, 1.807) is 0 Å². The van der Waals surface area contributed by atoms with Crippen LogP contribution >= 0.6 is 0 Å². The molecule has 0 spiro atoms. The van der Waals surface area contributed by atoms with Crippen molar-refractivity contribution in [3.05, 3.63) is 29.3 Å². The van der Waals surface area contributed by atoms with Gasteiger partial charge in [-0.1, -0.05) is 13.0 Å². The molecule has 0 fully saturated rings. The molecule has 3 nitrogen and oxygen atoms in total. The lowest BCUT2D eigenvalue weighted by molar-refractivity contribution is -0.123. The lowest BCUT2D eigenvalue weighted by Gasteiger charge is -2.08. The lowest BCUT2D eigenvalue weighted by atomic mass is 10.1. The Morgan fingerprint density at radius 2 is 2.06 bits per heavy atom. The van der Waals surface area contributed by atoms with Crippen LogP contribution in [0.4, 0.5) is 0 Å². The van der Waals surface area contributed by atoms with E-state index in [1.807, 2.05) is 39.0 Å². The van der Waals surface area contributed by atoms with Gasteiger partial charge in [0.25, 0.3) is 5.91 Å². The number of ether oxygens (including phenoxy) is 1. The van der Waals surface area contributed by atoms with Crippen molar-refractivity contribution in [2.75, 3.05) is 13.2 Å². The average molecular weight is 221 g/mol. The van der Waals surface area contributed by atoms with Crippen LogP contribution in [0.2, 0.25) is 0 Å². The Balaban J connectivity index is 2.42. The highest BCUT2D eigenvalue weighted by Gasteiger charge is 2.02. The van der Waals surface area contributed by atoms with Crippen LogP contribution in [0.5, 0.6) is 5.75 Å². The van der Waals surface area contributed by atoms with Gasteiger partial charge in [0, 0.05) is 6.54 Å². The summed E-state index contributed by atoms with van der Waals surface area (Å²) in [4.78, 5) is 11.3. The summed E-state index contributed by atoms with van der Waals surface area (Å²) in [6, 6.07) is 5.83. The molecule has 0 bridgehead atoms. The Morgan fingerprint density at radius 3 is 2.69 bits per heavy atom. The lowest BCUT2D eigenvalue weighted by Crippen LogP contribution is -2.29. The molecule has 1 rings (SSSR count). The molecule has 0 aromatic heterocycles. The molecule has 0 saturated carbocycles. The molecule has 0 aliphatic heterocycles. The van der Waals surface area contributed by atoms with Gasteiger partial charge >= 0.3 is 0 Å². The second-order valence-electron chi connectivity index (χ2n) is 3.88. The Labute approximate surface area is 96.8 Å². The number of aryl methyl sites for hydroxylation is 2. The monoisotopic (exact) mass is 221 g/mol. The Morgan fingerprint density at radius 1 is 1.31 bits per heavy atom. The third-order valence-electron chi connectivity index (χ3n) is 2.42. The van der Waals surface area contributed by atoms with Crippen molar-refractivity contribution in [1.29, 1.82) is 0 Å². The van der Waals surface area contributed by atoms with Crippen LogP contribution in [0.3, 0.4) is 0 Å². The number of carbonyl (C=O) groups is 1. The van der Waals surface area contributed by atoms with E-state index in [9.17, 15) is 4.79 Å². The fraction of sp³-hybridized carbons (Fsp3) is 0.462. The van der Waals surface area contributed by atoms with Crippen LogP contribution in [0, 0.1) is 13.8 Å². The fourth-order valence-corrected chi connectivity index (χ4v) is 1.27. The van der Waals surface area contributed by atoms with Crippen molar-refractivity contribution in [1.82, 2.24) is 5.32 Å². The van der Waals surface area contributed by atoms with Gasteiger partial charge in [0.1, 0.15) is 5.75 Å². The average Bonchev–Trinajstić information content (AvgIpc) is 2.28. The van der Waals surface area contributed by atoms with E-state index in [4.69, 9.17) is 4.74 Å². The van der Waals surface area contributed by atoms with E-state index >= 15 is 0 Å². The van der Waals surface area contributed by atoms with Gasteiger partial charge in [-0.15, -0.1) is 0 Å². The number of hydrogen-bond acceptors (Lipinski definition) is 2. The molecule has 1 aromatic rings. The molecule has 0 aliphatic rings. The van der Waals surface area contributed by atoms with Gasteiger partial charge in [0.2, 0.25) is 0 Å². The van der Waals surface area contributed by atoms with E-state index in [-0.39, 0.29) is 12.5 Å². The van der Waals surface area contributed by atoms with Crippen molar-refractivity contribution >= 4 is 5.91 Å². The molecule has 0 saturated heterocycles. The fourth-order valence-electron chi connectivity index (χ4n) is 1.27. The van der Waals surface area contributed by atoms with Crippen LogP contribution in [0.15, 0.2) is 18.2 Å². The second-order valence-corrected chi connectivity index (χ2v) is 3.88. The number of nitrogens with one attached hydrogen (secondary N) is 1. The molecular weight excluding hydrogens is 202 g/mol. The summed E-state index contributed by atoms with van der Waals surface area (Å²) in [5.41, 5.74) is 2.40. The van der Waals surface area contributed by atoms with Gasteiger partial charge in [0.15, 0.2) is 6.61 Å². The third-order valence-corrected chi connectivity index (χ3v) is 2.42. The molecule has 1 N–H and O–H groups in total. The highest BCUT2D eigenvalue weighted by molar-refractivity contribution is 5.77. The van der Waals surface area contributed by atoms with Gasteiger partial charge < -0.3 is 10.1 Å². The molecule has 3 heteroatoms. The van der Waals surface area contributed by atoms with E-state index in [0.29, 0.717) is 6.54 Å². The minimum absolute atomic E-state index is 0.0694. The quantitative estimate of drug-likeness (QED) is 0.827. The SMILES string of the molecule is CCCNC(=O)COc1ccc(C)c(C)c1. The van der Waals surface area contributed by atoms with Gasteiger partial charge in [-0.3, -0.25) is 4.79 Å². The van der Waals surface area contributed by atoms with Crippen LogP contribution in [-0.4, -0.2) is 19.1 Å². The van der Waals surface area contributed by atoms with Gasteiger partial charge in [-0.05, 0) is 43.5 Å². The zero-order chi connectivity index (χ0) is 12.0. The number of rotatable bonds is 5. The highest BCUT2D eigenvalue weighted by atomic mass is 16.5. The summed E-state index contributed by atoms with van der Waals surface area (Å²) in [5, 5.41) is 2.76. The number of carbonyl (C=O) groups excluding carboxylic acids is 1. The number of amides is 1. The van der Waals surface area contributed by atoms with Crippen molar-refractivity contribution in [3.63, 3.8) is 0 Å². The zero-order valence-electron chi connectivity index (χ0n) is 10.2. The van der Waals surface area contributed by atoms with Crippen molar-refractivity contribution in [2.45, 2.75) is 27.2 Å². The zero-order valence-corrected chi connectivity index (χ0v) is 10.2. The largest absolute Gasteiger partial charge is 0.484 e. The minimum atomic E-state index is -0.0694. The molecule has 0 atom stereocenters. The third kappa shape index (κ3) is 3.93. The predicted molar refractivity (Wildman–Crippen MR) is 64.7 cm³/mol. The molecule has 1 aromatic carbocycles. The minimum Gasteiger partial charge on any atom is -0.484 e. The number of hydrogen-bond donors (Lipinski definition) is 1. The molecule has 0 aliphatic carbocycles. The summed E-state index contributed by atoms with van der Waals surface area (Å²) in [6.45, 7) is 6.88. The highest BCUT2D eigenvalue weighted by Crippen LogP contribution is 2.16. The van der Waals surface area contributed by atoms with Crippen molar-refractivity contribution in [3.8, 4) is 5.75 Å². The normalized spacial score (nSPS) is 9.94. The summed E-state index contributed by atoms with van der Waals surface area (Å²) in [5.74, 6) is 0.676. The maximum Gasteiger partial charge on any atom is 0.257 e. The molecule has 0 unspecified atom stereocenters. The molecule has 0 radical (unpaired) electrons. The van der Waals surface area contributed by atoms with Crippen molar-refractivity contribution < 1.29 is 9.53 Å². The summed E-state index contributed by atoms with van der Waals surface area (Å²) < 4.78 is 5.39. The first-order valence-corrected chi connectivity index (χ1v) is 5.60. The maximum atomic E-state index is 11.3. The first-order valence-electron chi connectivity index (χ1n) is 5.60. The Bertz CT molecular complexity index is 361. The van der Waals surface area contributed by atoms with Crippen molar-refractivity contribution in [2.24, 2.45) is 0 Å². The van der Waals surface area contributed by atoms with E-state index in [2.05, 4.69) is 5.32 Å². The smallest absolute Gasteiger partial charge is 0.257 e. The van der Waals surface area contributed by atoms with Crippen LogP contribution in [0.1, 0.15) is 24.5 Å². The summed E-state index contributed by atoms with van der Waals surface area (Å²) in [7, 11) is 0. The first-order chi connectivity index (χ1) is 7.63. The van der Waals surface area contributed by atoms with Crippen LogP contribution in [0.25, 0.3) is 0 Å². The molecular formula is C13H19NO2. The van der Waals surface area contributed by atoms with Gasteiger partial charge in [-0.2, -0.15) is 0 Å². The first kappa shape index (κ1) is 12.6. The van der Waals surface area contributed by atoms with E-state index in [1.165, 1.54) is 11.1 Å². The maximum absolute atomic E-state index is 11.3. The van der Waals surface area contributed by atoms with Gasteiger partial charge in [0.05, 0.1) is 0 Å². The standard InChI is InChI=1S/C13H19NO2/c1-4-7-14-13(15)9-16-12-6-5-10(2)11(3)8-12/h5-6,8H,4,7,9H2,1-3H3,(H,14,15). The van der Waals surface area contributed by atoms with Crippen LogP contribution < -0.4 is 10.1 Å². The molecule has 88 valence electrons. The van der Waals surface area contributed by atoms with E-state index in [0.717, 1.165) is 12.2 Å². The second kappa shape index (κ2) is 6.16. The predicted octanol–water partition coefficient (Wildman–Crippen LogP) is 2.21. The summed E-state index contributed by atoms with van der Waals surface area (Å²) in [6.07, 6.45) is 0.940. The van der Waals surface area contributed by atoms with E-state index < -0.39 is 0 Å². The van der Waals surface area contributed by atoms with Crippen LogP contribution in [-0.2, 0) is 4.79 Å². The Kier molecular flexibility index (Phi) is 4.83.